The van der Waals surface area contributed by atoms with Gasteiger partial charge in [-0.25, -0.2) is 8.42 Å². The van der Waals surface area contributed by atoms with E-state index in [-0.39, 0.29) is 30.3 Å². The standard InChI is InChI=1S/C16H16N4O4S/c17-9-11-1-5-13(6-2-11)25(22,23)20-8-7-16(21,10-20)15-18-14(19-24-15)12-3-4-12/h1-2,5-6,12,21H,3-4,7-8,10H2. The third kappa shape index (κ3) is 2.82. The van der Waals surface area contributed by atoms with E-state index < -0.39 is 15.6 Å². The second kappa shape index (κ2) is 5.62. The fourth-order valence-electron chi connectivity index (χ4n) is 2.92. The van der Waals surface area contributed by atoms with Crippen LogP contribution in [0.2, 0.25) is 0 Å². The van der Waals surface area contributed by atoms with Crippen LogP contribution < -0.4 is 0 Å². The molecule has 25 heavy (non-hydrogen) atoms. The number of nitriles is 1. The molecule has 1 aromatic heterocycles. The molecule has 0 amide bonds. The quantitative estimate of drug-likeness (QED) is 0.866. The molecule has 1 saturated heterocycles. The summed E-state index contributed by atoms with van der Waals surface area (Å²) in [5.41, 5.74) is -1.09. The summed E-state index contributed by atoms with van der Waals surface area (Å²) in [5.74, 6) is 0.949. The Morgan fingerprint density at radius 3 is 2.68 bits per heavy atom. The van der Waals surface area contributed by atoms with Crippen LogP contribution >= 0.6 is 0 Å². The van der Waals surface area contributed by atoms with Gasteiger partial charge in [0.1, 0.15) is 0 Å². The zero-order valence-electron chi connectivity index (χ0n) is 13.3. The Hall–Kier alpha value is -2.28. The first-order valence-electron chi connectivity index (χ1n) is 7.99. The van der Waals surface area contributed by atoms with Crippen molar-refractivity contribution in [1.82, 2.24) is 14.4 Å². The molecule has 2 aliphatic rings. The lowest BCUT2D eigenvalue weighted by atomic mass is 10.0. The Bertz CT molecular complexity index is 943. The highest BCUT2D eigenvalue weighted by molar-refractivity contribution is 7.89. The molecule has 1 atom stereocenters. The third-order valence-electron chi connectivity index (χ3n) is 4.62. The minimum Gasteiger partial charge on any atom is -0.379 e. The highest BCUT2D eigenvalue weighted by Gasteiger charge is 2.47. The molecule has 0 bridgehead atoms. The van der Waals surface area contributed by atoms with Crippen LogP contribution in [0.3, 0.4) is 0 Å². The van der Waals surface area contributed by atoms with Crippen molar-refractivity contribution < 1.29 is 18.0 Å². The zero-order valence-corrected chi connectivity index (χ0v) is 14.1. The second-order valence-electron chi connectivity index (χ2n) is 6.49. The minimum absolute atomic E-state index is 0.0759. The van der Waals surface area contributed by atoms with Gasteiger partial charge in [0, 0.05) is 18.9 Å². The van der Waals surface area contributed by atoms with Crippen LogP contribution in [0.5, 0.6) is 0 Å². The molecule has 0 spiro atoms. The molecule has 4 rings (SSSR count). The molecule has 8 nitrogen and oxygen atoms in total. The summed E-state index contributed by atoms with van der Waals surface area (Å²) in [6.07, 6.45) is 2.21. The normalized spacial score (nSPS) is 24.3. The lowest BCUT2D eigenvalue weighted by Crippen LogP contribution is -2.34. The van der Waals surface area contributed by atoms with E-state index in [1.807, 2.05) is 6.07 Å². The van der Waals surface area contributed by atoms with Gasteiger partial charge in [-0.05, 0) is 37.1 Å². The number of rotatable bonds is 4. The van der Waals surface area contributed by atoms with Gasteiger partial charge in [-0.1, -0.05) is 5.16 Å². The van der Waals surface area contributed by atoms with Crippen LogP contribution in [-0.2, 0) is 15.6 Å². The molecule has 1 aliphatic carbocycles. The molecule has 1 saturated carbocycles. The van der Waals surface area contributed by atoms with E-state index in [2.05, 4.69) is 10.1 Å². The fraction of sp³-hybridized carbons (Fsp3) is 0.438. The Morgan fingerprint density at radius 1 is 1.32 bits per heavy atom. The van der Waals surface area contributed by atoms with Crippen molar-refractivity contribution in [1.29, 1.82) is 5.26 Å². The molecule has 9 heteroatoms. The van der Waals surface area contributed by atoms with E-state index >= 15 is 0 Å². The number of benzene rings is 1. The predicted molar refractivity (Wildman–Crippen MR) is 84.7 cm³/mol. The van der Waals surface area contributed by atoms with Crippen LogP contribution in [0, 0.1) is 11.3 Å². The summed E-state index contributed by atoms with van der Waals surface area (Å²) >= 11 is 0. The zero-order chi connectivity index (χ0) is 17.7. The van der Waals surface area contributed by atoms with Crippen LogP contribution in [0.25, 0.3) is 0 Å². The molecule has 1 unspecified atom stereocenters. The van der Waals surface area contributed by atoms with Gasteiger partial charge >= 0.3 is 0 Å². The molecule has 1 aliphatic heterocycles. The largest absolute Gasteiger partial charge is 0.379 e. The summed E-state index contributed by atoms with van der Waals surface area (Å²) in [6.45, 7) is 0.0155. The topological polar surface area (TPSA) is 120 Å². The summed E-state index contributed by atoms with van der Waals surface area (Å²) in [4.78, 5) is 4.34. The Morgan fingerprint density at radius 2 is 2.04 bits per heavy atom. The van der Waals surface area contributed by atoms with Crippen molar-refractivity contribution in [2.45, 2.75) is 35.7 Å². The van der Waals surface area contributed by atoms with Gasteiger partial charge in [0.25, 0.3) is 5.89 Å². The van der Waals surface area contributed by atoms with Crippen molar-refractivity contribution in [2.75, 3.05) is 13.1 Å². The molecule has 0 radical (unpaired) electrons. The van der Waals surface area contributed by atoms with E-state index in [9.17, 15) is 13.5 Å². The molecule has 2 fully saturated rings. The number of β-amino-alcohol motifs (C(OH)–C–C–N with tert-alkyl or cyclic N) is 1. The number of hydrogen-bond acceptors (Lipinski definition) is 7. The first-order chi connectivity index (χ1) is 11.9. The Balaban J connectivity index is 1.56. The lowest BCUT2D eigenvalue weighted by molar-refractivity contribution is 0.0194. The van der Waals surface area contributed by atoms with Crippen LogP contribution in [0.1, 0.15) is 42.5 Å². The maximum absolute atomic E-state index is 12.7. The van der Waals surface area contributed by atoms with Crippen molar-refractivity contribution in [3.8, 4) is 6.07 Å². The first-order valence-corrected chi connectivity index (χ1v) is 9.43. The molecular formula is C16H16N4O4S. The number of sulfonamides is 1. The van der Waals surface area contributed by atoms with Gasteiger partial charge in [-0.3, -0.25) is 0 Å². The smallest absolute Gasteiger partial charge is 0.260 e. The number of nitrogens with zero attached hydrogens (tertiary/aromatic N) is 4. The molecule has 2 aromatic rings. The van der Waals surface area contributed by atoms with Crippen LogP contribution in [-0.4, -0.2) is 41.1 Å². The van der Waals surface area contributed by atoms with Crippen molar-refractivity contribution >= 4 is 10.0 Å². The van der Waals surface area contributed by atoms with Gasteiger partial charge < -0.3 is 9.63 Å². The Labute approximate surface area is 144 Å². The van der Waals surface area contributed by atoms with Gasteiger partial charge in [0.15, 0.2) is 11.4 Å². The average molecular weight is 360 g/mol. The fourth-order valence-corrected chi connectivity index (χ4v) is 4.41. The van der Waals surface area contributed by atoms with E-state index in [0.29, 0.717) is 17.3 Å². The van der Waals surface area contributed by atoms with Gasteiger partial charge in [0.05, 0.1) is 23.1 Å². The highest BCUT2D eigenvalue weighted by atomic mass is 32.2. The van der Waals surface area contributed by atoms with Crippen molar-refractivity contribution in [3.05, 3.63) is 41.5 Å². The predicted octanol–water partition coefficient (Wildman–Crippen LogP) is 1.10. The second-order valence-corrected chi connectivity index (χ2v) is 8.43. The van der Waals surface area contributed by atoms with E-state index in [4.69, 9.17) is 9.78 Å². The van der Waals surface area contributed by atoms with Crippen LogP contribution in [0.15, 0.2) is 33.7 Å². The van der Waals surface area contributed by atoms with Crippen molar-refractivity contribution in [3.63, 3.8) is 0 Å². The van der Waals surface area contributed by atoms with E-state index in [1.165, 1.54) is 28.6 Å². The molecule has 2 heterocycles. The lowest BCUT2D eigenvalue weighted by Gasteiger charge is -2.19. The molecular weight excluding hydrogens is 344 g/mol. The maximum atomic E-state index is 12.7. The average Bonchev–Trinajstić information content (AvgIpc) is 3.18. The summed E-state index contributed by atoms with van der Waals surface area (Å²) in [5, 5.41) is 23.5. The Kier molecular flexibility index (Phi) is 3.64. The number of hydrogen-bond donors (Lipinski definition) is 1. The summed E-state index contributed by atoms with van der Waals surface area (Å²) in [7, 11) is -3.77. The van der Waals surface area contributed by atoms with E-state index in [0.717, 1.165) is 12.8 Å². The number of aliphatic hydroxyl groups is 1. The van der Waals surface area contributed by atoms with Gasteiger partial charge in [-0.15, -0.1) is 0 Å². The van der Waals surface area contributed by atoms with E-state index in [1.54, 1.807) is 0 Å². The molecule has 1 aromatic carbocycles. The van der Waals surface area contributed by atoms with Crippen LogP contribution in [0.4, 0.5) is 0 Å². The molecule has 1 N–H and O–H groups in total. The maximum Gasteiger partial charge on any atom is 0.260 e. The third-order valence-corrected chi connectivity index (χ3v) is 6.48. The van der Waals surface area contributed by atoms with Crippen molar-refractivity contribution in [2.24, 2.45) is 0 Å². The first kappa shape index (κ1) is 16.2. The minimum atomic E-state index is -3.77. The highest BCUT2D eigenvalue weighted by Crippen LogP contribution is 2.40. The van der Waals surface area contributed by atoms with Gasteiger partial charge in [0.2, 0.25) is 10.0 Å². The summed E-state index contributed by atoms with van der Waals surface area (Å²) in [6, 6.07) is 7.64. The monoisotopic (exact) mass is 360 g/mol. The van der Waals surface area contributed by atoms with Gasteiger partial charge in [-0.2, -0.15) is 14.6 Å². The summed E-state index contributed by atoms with van der Waals surface area (Å²) < 4.78 is 31.9. The number of aromatic nitrogens is 2. The molecule has 130 valence electrons. The SMILES string of the molecule is N#Cc1ccc(S(=O)(=O)N2CCC(O)(c3nc(C4CC4)no3)C2)cc1.